The maximum atomic E-state index is 12.9. The summed E-state index contributed by atoms with van der Waals surface area (Å²) in [5.74, 6) is 0.903. The number of nitrogens with zero attached hydrogens (tertiary/aromatic N) is 4. The average Bonchev–Trinajstić information content (AvgIpc) is 3.33. The summed E-state index contributed by atoms with van der Waals surface area (Å²) >= 11 is 0. The van der Waals surface area contributed by atoms with Crippen molar-refractivity contribution in [1.29, 1.82) is 0 Å². The van der Waals surface area contributed by atoms with Crippen LogP contribution in [0, 0.1) is 5.92 Å². The van der Waals surface area contributed by atoms with Crippen molar-refractivity contribution in [2.75, 3.05) is 24.6 Å². The van der Waals surface area contributed by atoms with Gasteiger partial charge >= 0.3 is 12.4 Å². The van der Waals surface area contributed by atoms with Crippen LogP contribution < -0.4 is 10.5 Å². The highest BCUT2D eigenvalue weighted by Crippen LogP contribution is 2.38. The van der Waals surface area contributed by atoms with Gasteiger partial charge in [0.05, 0.1) is 17.9 Å². The Bertz CT molecular complexity index is 1150. The maximum Gasteiger partial charge on any atom is 0.422 e. The molecule has 2 aromatic rings. The second-order valence-electron chi connectivity index (χ2n) is 9.70. The molecule has 0 aromatic carbocycles. The number of ketones is 1. The summed E-state index contributed by atoms with van der Waals surface area (Å²) in [6, 6.07) is 0. The lowest BCUT2D eigenvalue weighted by molar-refractivity contribution is -0.139. The van der Waals surface area contributed by atoms with Crippen LogP contribution in [0.3, 0.4) is 0 Å². The van der Waals surface area contributed by atoms with E-state index in [2.05, 4.69) is 28.9 Å². The Balaban J connectivity index is 0.000000397. The molecule has 1 aliphatic carbocycles. The zero-order valence-corrected chi connectivity index (χ0v) is 25.0. The van der Waals surface area contributed by atoms with Gasteiger partial charge in [0.2, 0.25) is 5.95 Å². The highest BCUT2D eigenvalue weighted by Gasteiger charge is 2.41. The van der Waals surface area contributed by atoms with Crippen molar-refractivity contribution in [3.05, 3.63) is 45.1 Å². The summed E-state index contributed by atoms with van der Waals surface area (Å²) in [4.78, 5) is 31.8. The Labute approximate surface area is 242 Å². The molecule has 3 rings (SSSR count). The molecule has 0 bridgehead atoms. The monoisotopic (exact) mass is 609 g/mol. The first-order valence-corrected chi connectivity index (χ1v) is 14.1. The van der Waals surface area contributed by atoms with Gasteiger partial charge in [0.25, 0.3) is 5.56 Å². The lowest BCUT2D eigenvalue weighted by atomic mass is 10.1. The van der Waals surface area contributed by atoms with E-state index in [1.165, 1.54) is 6.92 Å². The van der Waals surface area contributed by atoms with Gasteiger partial charge in [-0.3, -0.25) is 9.59 Å². The smallest absolute Gasteiger partial charge is 0.371 e. The van der Waals surface area contributed by atoms with Crippen LogP contribution in [0.4, 0.5) is 32.3 Å². The van der Waals surface area contributed by atoms with Gasteiger partial charge in [0.15, 0.2) is 0 Å². The first-order chi connectivity index (χ1) is 19.7. The van der Waals surface area contributed by atoms with Crippen LogP contribution in [-0.2, 0) is 28.3 Å². The number of aromatic nitrogens is 4. The Morgan fingerprint density at radius 1 is 1.10 bits per heavy atom. The minimum Gasteiger partial charge on any atom is -0.371 e. The van der Waals surface area contributed by atoms with Crippen LogP contribution in [0.25, 0.3) is 0 Å². The fraction of sp³-hybridized carbons (Fsp3) is 0.679. The van der Waals surface area contributed by atoms with Gasteiger partial charge in [-0.25, -0.2) is 15.1 Å². The average molecular weight is 610 g/mol. The normalized spacial score (nSPS) is 15.1. The van der Waals surface area contributed by atoms with Gasteiger partial charge in [-0.2, -0.15) is 31.4 Å². The SMILES string of the molecule is CC.CC(=O)CCO[C@@H]1CCc2c1n[nH]c(=O)c2C(F)(F)F.CCCN(CCC(C)CC)c1ncc(C(F)(F)F)cn1. The van der Waals surface area contributed by atoms with Gasteiger partial charge in [-0.15, -0.1) is 0 Å². The lowest BCUT2D eigenvalue weighted by Crippen LogP contribution is -2.28. The van der Waals surface area contributed by atoms with Crippen molar-refractivity contribution in [2.24, 2.45) is 5.92 Å². The third-order valence-corrected chi connectivity index (χ3v) is 6.46. The highest BCUT2D eigenvalue weighted by molar-refractivity contribution is 5.75. The number of Topliss-reactive ketones (excluding diaryl/α,β-unsaturated/α-hetero) is 1. The van der Waals surface area contributed by atoms with E-state index in [4.69, 9.17) is 4.74 Å². The molecule has 14 heteroatoms. The molecule has 0 saturated heterocycles. The number of anilines is 1. The van der Waals surface area contributed by atoms with Gasteiger partial charge < -0.3 is 9.64 Å². The topological polar surface area (TPSA) is 101 Å². The Kier molecular flexibility index (Phi) is 15.1. The van der Waals surface area contributed by atoms with E-state index in [0.29, 0.717) is 18.3 Å². The molecule has 1 N–H and O–H groups in total. The third kappa shape index (κ3) is 11.3. The standard InChI is InChI=1S/C14H22F3N3.C12H13F3N2O3.C2H6/c1-4-7-20(8-6-11(3)5-2)13-18-9-12(10-19-13)14(15,16)17;1-6(18)4-5-20-8-3-2-7-9(12(13,14)15)11(19)17-16-10(7)8;1-2/h9-11H,4-8H2,1-3H3;8H,2-5H2,1H3,(H,17,19);1-2H3/t;8-;/m.1./s1. The van der Waals surface area contributed by atoms with Gasteiger partial charge in [-0.05, 0) is 44.1 Å². The molecule has 0 saturated carbocycles. The number of aromatic amines is 1. The Morgan fingerprint density at radius 2 is 1.71 bits per heavy atom. The molecule has 0 spiro atoms. The molecule has 8 nitrogen and oxygen atoms in total. The largest absolute Gasteiger partial charge is 0.422 e. The first kappa shape index (κ1) is 37.0. The van der Waals surface area contributed by atoms with E-state index in [1.54, 1.807) is 0 Å². The third-order valence-electron chi connectivity index (χ3n) is 6.46. The predicted octanol–water partition coefficient (Wildman–Crippen LogP) is 6.95. The number of nitrogens with one attached hydrogen (secondary N) is 1. The fourth-order valence-corrected chi connectivity index (χ4v) is 4.03. The summed E-state index contributed by atoms with van der Waals surface area (Å²) < 4.78 is 81.4. The number of fused-ring (bicyclic) bond motifs is 1. The molecule has 0 amide bonds. The molecule has 238 valence electrons. The summed E-state index contributed by atoms with van der Waals surface area (Å²) in [6.07, 6.45) is -4.41. The molecular weight excluding hydrogens is 568 g/mol. The van der Waals surface area contributed by atoms with Crippen molar-refractivity contribution < 1.29 is 35.9 Å². The minimum atomic E-state index is -4.71. The van der Waals surface area contributed by atoms with E-state index >= 15 is 0 Å². The van der Waals surface area contributed by atoms with E-state index in [0.717, 1.165) is 44.7 Å². The summed E-state index contributed by atoms with van der Waals surface area (Å²) in [5, 5.41) is 5.53. The maximum absolute atomic E-state index is 12.9. The number of ether oxygens (including phenoxy) is 1. The molecule has 2 aromatic heterocycles. The predicted molar refractivity (Wildman–Crippen MR) is 147 cm³/mol. The van der Waals surface area contributed by atoms with E-state index in [9.17, 15) is 35.9 Å². The number of alkyl halides is 6. The molecular formula is C28H41F6N5O3. The van der Waals surface area contributed by atoms with E-state index in [-0.39, 0.29) is 36.5 Å². The number of carbonyl (C=O) groups excluding carboxylic acids is 1. The second kappa shape index (κ2) is 17.2. The van der Waals surface area contributed by atoms with Crippen LogP contribution in [-0.4, -0.2) is 45.6 Å². The number of rotatable bonds is 11. The van der Waals surface area contributed by atoms with Crippen LogP contribution in [0.1, 0.15) is 102 Å². The van der Waals surface area contributed by atoms with Crippen molar-refractivity contribution in [3.63, 3.8) is 0 Å². The number of hydrogen-bond donors (Lipinski definition) is 1. The summed E-state index contributed by atoms with van der Waals surface area (Å²) in [6.45, 7) is 13.4. The number of carbonyl (C=O) groups is 1. The van der Waals surface area contributed by atoms with Gasteiger partial charge in [0, 0.05) is 31.9 Å². The molecule has 2 atom stereocenters. The van der Waals surface area contributed by atoms with E-state index < -0.39 is 35.1 Å². The zero-order valence-electron chi connectivity index (χ0n) is 25.0. The van der Waals surface area contributed by atoms with Crippen LogP contribution in [0.15, 0.2) is 17.2 Å². The van der Waals surface area contributed by atoms with Crippen molar-refractivity contribution >= 4 is 11.7 Å². The summed E-state index contributed by atoms with van der Waals surface area (Å²) in [5.41, 5.74) is -3.23. The number of H-pyrrole nitrogens is 1. The molecule has 0 radical (unpaired) electrons. The minimum absolute atomic E-state index is 0.0615. The molecule has 0 aliphatic heterocycles. The molecule has 1 unspecified atom stereocenters. The summed E-state index contributed by atoms with van der Waals surface area (Å²) in [7, 11) is 0. The van der Waals surface area contributed by atoms with Crippen LogP contribution >= 0.6 is 0 Å². The van der Waals surface area contributed by atoms with Gasteiger partial charge in [-0.1, -0.05) is 41.0 Å². The molecule has 1 aliphatic rings. The number of halogens is 6. The highest BCUT2D eigenvalue weighted by atomic mass is 19.4. The van der Waals surface area contributed by atoms with Crippen LogP contribution in [0.5, 0.6) is 0 Å². The molecule has 2 heterocycles. The second-order valence-corrected chi connectivity index (χ2v) is 9.70. The molecule has 42 heavy (non-hydrogen) atoms. The van der Waals surface area contributed by atoms with Crippen molar-refractivity contribution in [1.82, 2.24) is 20.2 Å². The number of hydrogen-bond acceptors (Lipinski definition) is 7. The lowest BCUT2D eigenvalue weighted by Gasteiger charge is -2.23. The zero-order chi connectivity index (χ0) is 32.1. The van der Waals surface area contributed by atoms with Crippen molar-refractivity contribution in [3.8, 4) is 0 Å². The molecule has 0 fully saturated rings. The van der Waals surface area contributed by atoms with E-state index in [1.807, 2.05) is 30.8 Å². The first-order valence-electron chi connectivity index (χ1n) is 14.1. The van der Waals surface area contributed by atoms with Crippen molar-refractivity contribution in [2.45, 2.75) is 98.5 Å². The Hall–Kier alpha value is -3.03. The van der Waals surface area contributed by atoms with Crippen LogP contribution in [0.2, 0.25) is 0 Å². The quantitative estimate of drug-likeness (QED) is 0.275. The fourth-order valence-electron chi connectivity index (χ4n) is 4.03. The Morgan fingerprint density at radius 3 is 2.21 bits per heavy atom. The van der Waals surface area contributed by atoms with Gasteiger partial charge in [0.1, 0.15) is 17.5 Å².